The largest absolute Gasteiger partial charge is 0.358 e. The van der Waals surface area contributed by atoms with E-state index >= 15 is 0 Å². The topological polar surface area (TPSA) is 79.6 Å². The van der Waals surface area contributed by atoms with E-state index < -0.39 is 0 Å². The van der Waals surface area contributed by atoms with Crippen LogP contribution in [-0.4, -0.2) is 28.0 Å². The average molecular weight is 267 g/mol. The number of hydrogen-bond donors (Lipinski definition) is 3. The van der Waals surface area contributed by atoms with Gasteiger partial charge >= 0.3 is 0 Å². The fourth-order valence-electron chi connectivity index (χ4n) is 2.38. The molecule has 0 aliphatic rings. The van der Waals surface area contributed by atoms with Crippen LogP contribution in [0.3, 0.4) is 0 Å². The van der Waals surface area contributed by atoms with Crippen LogP contribution in [0.1, 0.15) is 5.69 Å². The summed E-state index contributed by atoms with van der Waals surface area (Å²) < 4.78 is 0. The summed E-state index contributed by atoms with van der Waals surface area (Å²) in [5.74, 6) is 0.608. The maximum Gasteiger partial charge on any atom is 0.222 e. The summed E-state index contributed by atoms with van der Waals surface area (Å²) in [4.78, 5) is 12.0. The molecule has 0 aliphatic heterocycles. The highest BCUT2D eigenvalue weighted by molar-refractivity contribution is 5.97. The van der Waals surface area contributed by atoms with Crippen LogP contribution in [-0.2, 0) is 0 Å². The number of benzene rings is 1. The van der Waals surface area contributed by atoms with Gasteiger partial charge in [-0.2, -0.15) is 0 Å². The van der Waals surface area contributed by atoms with E-state index in [1.807, 2.05) is 24.5 Å². The van der Waals surface area contributed by atoms with Crippen molar-refractivity contribution in [3.8, 4) is 11.1 Å². The summed E-state index contributed by atoms with van der Waals surface area (Å²) >= 11 is 0. The molecule has 5 nitrogen and oxygen atoms in total. The summed E-state index contributed by atoms with van der Waals surface area (Å²) in [6, 6.07) is 8.24. The molecule has 0 aliphatic carbocycles. The first-order chi connectivity index (χ1) is 9.79. The number of H-pyrrole nitrogens is 1. The van der Waals surface area contributed by atoms with Gasteiger partial charge in [0.15, 0.2) is 0 Å². The standard InChI is InChI=1S/C15H17N5/c1-10-14(12-4-2-3-5-13(12)20-10)11-8-18-15(19-9-11)17-7-6-16/h2-5,8-9,20H,6-7,16H2,1H3,(H,17,18,19). The minimum Gasteiger partial charge on any atom is -0.358 e. The average Bonchev–Trinajstić information content (AvgIpc) is 2.81. The number of aromatic nitrogens is 3. The highest BCUT2D eigenvalue weighted by atomic mass is 15.1. The van der Waals surface area contributed by atoms with Gasteiger partial charge < -0.3 is 16.0 Å². The Morgan fingerprint density at radius 2 is 1.95 bits per heavy atom. The Kier molecular flexibility index (Phi) is 3.35. The molecule has 0 unspecified atom stereocenters. The second kappa shape index (κ2) is 5.30. The van der Waals surface area contributed by atoms with Gasteiger partial charge in [0.1, 0.15) is 0 Å². The van der Waals surface area contributed by atoms with E-state index in [-0.39, 0.29) is 0 Å². The molecule has 3 rings (SSSR count). The second-order valence-electron chi connectivity index (χ2n) is 4.68. The van der Waals surface area contributed by atoms with Crippen LogP contribution in [0, 0.1) is 6.92 Å². The van der Waals surface area contributed by atoms with E-state index in [1.54, 1.807) is 0 Å². The van der Waals surface area contributed by atoms with Crippen LogP contribution in [0.15, 0.2) is 36.7 Å². The summed E-state index contributed by atoms with van der Waals surface area (Å²) in [5.41, 5.74) is 9.87. The van der Waals surface area contributed by atoms with Gasteiger partial charge in [-0.1, -0.05) is 18.2 Å². The molecule has 0 atom stereocenters. The third-order valence-electron chi connectivity index (χ3n) is 3.26. The Bertz CT molecular complexity index is 715. The molecule has 0 fully saturated rings. The van der Waals surface area contributed by atoms with Crippen LogP contribution in [0.5, 0.6) is 0 Å². The Labute approximate surface area is 117 Å². The predicted molar refractivity (Wildman–Crippen MR) is 81.6 cm³/mol. The smallest absolute Gasteiger partial charge is 0.222 e. The van der Waals surface area contributed by atoms with Gasteiger partial charge in [0.05, 0.1) is 0 Å². The first-order valence-electron chi connectivity index (χ1n) is 6.63. The number of nitrogens with zero attached hydrogens (tertiary/aromatic N) is 2. The minimum atomic E-state index is 0.562. The lowest BCUT2D eigenvalue weighted by atomic mass is 10.1. The number of nitrogens with one attached hydrogen (secondary N) is 2. The highest BCUT2D eigenvalue weighted by Gasteiger charge is 2.10. The second-order valence-corrected chi connectivity index (χ2v) is 4.68. The molecule has 0 saturated carbocycles. The number of rotatable bonds is 4. The summed E-state index contributed by atoms with van der Waals surface area (Å²) in [5, 5.41) is 4.25. The quantitative estimate of drug-likeness (QED) is 0.677. The third kappa shape index (κ3) is 2.23. The monoisotopic (exact) mass is 267 g/mol. The van der Waals surface area contributed by atoms with Crippen LogP contribution >= 0.6 is 0 Å². The number of nitrogens with two attached hydrogens (primary N) is 1. The predicted octanol–water partition coefficient (Wildman–Crippen LogP) is 2.30. The van der Waals surface area contributed by atoms with Gasteiger partial charge in [0.25, 0.3) is 0 Å². The summed E-state index contributed by atoms with van der Waals surface area (Å²) in [7, 11) is 0. The van der Waals surface area contributed by atoms with E-state index in [4.69, 9.17) is 5.73 Å². The molecule has 0 spiro atoms. The molecule has 20 heavy (non-hydrogen) atoms. The fourth-order valence-corrected chi connectivity index (χ4v) is 2.38. The summed E-state index contributed by atoms with van der Waals surface area (Å²) in [6.45, 7) is 3.30. The fraction of sp³-hybridized carbons (Fsp3) is 0.200. The SMILES string of the molecule is Cc1[nH]c2ccccc2c1-c1cnc(NCCN)nc1. The van der Waals surface area contributed by atoms with E-state index in [2.05, 4.69) is 39.3 Å². The molecule has 0 amide bonds. The molecule has 1 aromatic carbocycles. The third-order valence-corrected chi connectivity index (χ3v) is 3.26. The van der Waals surface area contributed by atoms with Crippen molar-refractivity contribution in [2.75, 3.05) is 18.4 Å². The van der Waals surface area contributed by atoms with E-state index in [0.717, 1.165) is 22.3 Å². The number of fused-ring (bicyclic) bond motifs is 1. The zero-order valence-corrected chi connectivity index (χ0v) is 11.4. The van der Waals surface area contributed by atoms with Crippen molar-refractivity contribution in [2.24, 2.45) is 5.73 Å². The van der Waals surface area contributed by atoms with Crippen molar-refractivity contribution in [2.45, 2.75) is 6.92 Å². The number of anilines is 1. The Morgan fingerprint density at radius 3 is 2.70 bits per heavy atom. The van der Waals surface area contributed by atoms with Gasteiger partial charge in [0.2, 0.25) is 5.95 Å². The van der Waals surface area contributed by atoms with Crippen LogP contribution in [0.2, 0.25) is 0 Å². The van der Waals surface area contributed by atoms with Gasteiger partial charge in [-0.3, -0.25) is 0 Å². The van der Waals surface area contributed by atoms with Crippen molar-refractivity contribution in [1.29, 1.82) is 0 Å². The maximum atomic E-state index is 5.44. The van der Waals surface area contributed by atoms with Crippen molar-refractivity contribution >= 4 is 16.9 Å². The Balaban J connectivity index is 2.00. The molecular weight excluding hydrogens is 250 g/mol. The lowest BCUT2D eigenvalue weighted by Gasteiger charge is -2.04. The molecular formula is C15H17N5. The van der Waals surface area contributed by atoms with Gasteiger partial charge in [0, 0.05) is 53.2 Å². The maximum absolute atomic E-state index is 5.44. The molecule has 5 heteroatoms. The Hall–Kier alpha value is -2.40. The van der Waals surface area contributed by atoms with Gasteiger partial charge in [-0.15, -0.1) is 0 Å². The van der Waals surface area contributed by atoms with Crippen molar-refractivity contribution in [3.63, 3.8) is 0 Å². The van der Waals surface area contributed by atoms with E-state index in [0.29, 0.717) is 19.0 Å². The normalized spacial score (nSPS) is 10.9. The van der Waals surface area contributed by atoms with Crippen LogP contribution < -0.4 is 11.1 Å². The van der Waals surface area contributed by atoms with Crippen molar-refractivity contribution < 1.29 is 0 Å². The first kappa shape index (κ1) is 12.6. The molecule has 102 valence electrons. The van der Waals surface area contributed by atoms with Crippen LogP contribution in [0.25, 0.3) is 22.0 Å². The molecule has 2 aromatic heterocycles. The minimum absolute atomic E-state index is 0.562. The molecule has 0 radical (unpaired) electrons. The zero-order chi connectivity index (χ0) is 13.9. The van der Waals surface area contributed by atoms with Crippen molar-refractivity contribution in [3.05, 3.63) is 42.4 Å². The molecule has 3 aromatic rings. The Morgan fingerprint density at radius 1 is 1.20 bits per heavy atom. The lowest BCUT2D eigenvalue weighted by Crippen LogP contribution is -2.14. The lowest BCUT2D eigenvalue weighted by molar-refractivity contribution is 0.990. The molecule has 4 N–H and O–H groups in total. The van der Waals surface area contributed by atoms with E-state index in [1.165, 1.54) is 5.39 Å². The molecule has 0 bridgehead atoms. The molecule has 2 heterocycles. The number of aryl methyl sites for hydroxylation is 1. The van der Waals surface area contributed by atoms with Crippen LogP contribution in [0.4, 0.5) is 5.95 Å². The van der Waals surface area contributed by atoms with Gasteiger partial charge in [-0.25, -0.2) is 9.97 Å². The highest BCUT2D eigenvalue weighted by Crippen LogP contribution is 2.31. The van der Waals surface area contributed by atoms with Crippen molar-refractivity contribution in [1.82, 2.24) is 15.0 Å². The zero-order valence-electron chi connectivity index (χ0n) is 11.4. The summed E-state index contributed by atoms with van der Waals surface area (Å²) in [6.07, 6.45) is 3.68. The number of hydrogen-bond acceptors (Lipinski definition) is 4. The first-order valence-corrected chi connectivity index (χ1v) is 6.63. The number of para-hydroxylation sites is 1. The number of aromatic amines is 1. The van der Waals surface area contributed by atoms with Gasteiger partial charge in [-0.05, 0) is 13.0 Å². The molecule has 0 saturated heterocycles. The van der Waals surface area contributed by atoms with E-state index in [9.17, 15) is 0 Å².